The second-order valence-corrected chi connectivity index (χ2v) is 5.05. The number of carbonyl (C=O) groups is 1. The summed E-state index contributed by atoms with van der Waals surface area (Å²) in [4.78, 5) is 11.2. The van der Waals surface area contributed by atoms with Crippen LogP contribution in [0.15, 0.2) is 42.9 Å². The molecule has 0 fully saturated rings. The summed E-state index contributed by atoms with van der Waals surface area (Å²) in [7, 11) is 1.59. The third kappa shape index (κ3) is 2.75. The number of carboxylic acids is 1. The van der Waals surface area contributed by atoms with Gasteiger partial charge in [0, 0.05) is 18.8 Å². The maximum Gasteiger partial charge on any atom is 0.416 e. The molecule has 0 saturated heterocycles. The van der Waals surface area contributed by atoms with Crippen molar-refractivity contribution in [2.45, 2.75) is 6.18 Å². The lowest BCUT2D eigenvalue weighted by molar-refractivity contribution is -0.137. The molecule has 0 radical (unpaired) electrons. The Balaban J connectivity index is 1.97. The normalized spacial score (nSPS) is 11.7. The van der Waals surface area contributed by atoms with E-state index < -0.39 is 17.7 Å². The Labute approximate surface area is 133 Å². The van der Waals surface area contributed by atoms with E-state index in [1.165, 1.54) is 40.1 Å². The van der Waals surface area contributed by atoms with Gasteiger partial charge in [-0.1, -0.05) is 0 Å². The summed E-state index contributed by atoms with van der Waals surface area (Å²) in [6.45, 7) is 0. The summed E-state index contributed by atoms with van der Waals surface area (Å²) in [5, 5.41) is 17.2. The van der Waals surface area contributed by atoms with Gasteiger partial charge in [0.25, 0.3) is 0 Å². The molecular weight excluding hydrogens is 325 g/mol. The number of hydrogen-bond donors (Lipinski definition) is 1. The highest BCUT2D eigenvalue weighted by molar-refractivity contribution is 5.94. The second-order valence-electron chi connectivity index (χ2n) is 5.05. The number of aromatic nitrogens is 4. The molecule has 0 aliphatic carbocycles. The van der Waals surface area contributed by atoms with Crippen molar-refractivity contribution in [1.82, 2.24) is 19.6 Å². The molecule has 124 valence electrons. The Morgan fingerprint density at radius 1 is 1.12 bits per heavy atom. The minimum absolute atomic E-state index is 0.0180. The molecule has 9 heteroatoms. The van der Waals surface area contributed by atoms with E-state index in [-0.39, 0.29) is 5.56 Å². The van der Waals surface area contributed by atoms with Crippen molar-refractivity contribution in [3.8, 4) is 16.9 Å². The van der Waals surface area contributed by atoms with Crippen LogP contribution in [0.4, 0.5) is 13.2 Å². The molecule has 0 saturated carbocycles. The molecule has 2 aromatic heterocycles. The Bertz CT molecular complexity index is 894. The molecule has 3 aromatic rings. The van der Waals surface area contributed by atoms with Gasteiger partial charge in [0.1, 0.15) is 5.56 Å². The van der Waals surface area contributed by atoms with Crippen LogP contribution < -0.4 is 0 Å². The fraction of sp³-hybridized carbons (Fsp3) is 0.133. The molecule has 1 aromatic carbocycles. The molecule has 2 heterocycles. The van der Waals surface area contributed by atoms with Crippen LogP contribution in [0.2, 0.25) is 0 Å². The maximum atomic E-state index is 12.6. The van der Waals surface area contributed by atoms with Crippen LogP contribution >= 0.6 is 0 Å². The molecule has 0 aliphatic heterocycles. The van der Waals surface area contributed by atoms with Gasteiger partial charge < -0.3 is 5.11 Å². The summed E-state index contributed by atoms with van der Waals surface area (Å²) in [6, 6.07) is 4.51. The average molecular weight is 336 g/mol. The Hall–Kier alpha value is -3.10. The smallest absolute Gasteiger partial charge is 0.416 e. The first-order chi connectivity index (χ1) is 11.3. The molecule has 0 amide bonds. The zero-order chi connectivity index (χ0) is 17.5. The molecule has 0 spiro atoms. The van der Waals surface area contributed by atoms with E-state index in [4.69, 9.17) is 0 Å². The van der Waals surface area contributed by atoms with Crippen LogP contribution in [0.1, 0.15) is 15.9 Å². The van der Waals surface area contributed by atoms with Gasteiger partial charge in [0.15, 0.2) is 0 Å². The van der Waals surface area contributed by atoms with E-state index in [9.17, 15) is 23.1 Å². The molecule has 0 unspecified atom stereocenters. The molecule has 0 atom stereocenters. The van der Waals surface area contributed by atoms with Gasteiger partial charge in [-0.05, 0) is 24.3 Å². The molecule has 0 bridgehead atoms. The number of rotatable bonds is 3. The topological polar surface area (TPSA) is 72.9 Å². The van der Waals surface area contributed by atoms with E-state index in [2.05, 4.69) is 10.2 Å². The molecule has 6 nitrogen and oxygen atoms in total. The SMILES string of the molecule is Cn1ncc(C(=O)O)c1-c1cnn(-c2ccc(C(F)(F)F)cc2)c1. The number of aryl methyl sites for hydroxylation is 1. The van der Waals surface area contributed by atoms with Crippen molar-refractivity contribution < 1.29 is 23.1 Å². The molecular formula is C15H11F3N4O2. The van der Waals surface area contributed by atoms with E-state index in [1.807, 2.05) is 0 Å². The lowest BCUT2D eigenvalue weighted by Gasteiger charge is -2.07. The first-order valence-electron chi connectivity index (χ1n) is 6.75. The first-order valence-corrected chi connectivity index (χ1v) is 6.75. The van der Waals surface area contributed by atoms with Crippen LogP contribution in [0.5, 0.6) is 0 Å². The number of carboxylic acid groups (broad SMARTS) is 1. The lowest BCUT2D eigenvalue weighted by atomic mass is 10.1. The van der Waals surface area contributed by atoms with Gasteiger partial charge in [-0.3, -0.25) is 4.68 Å². The zero-order valence-electron chi connectivity index (χ0n) is 12.3. The van der Waals surface area contributed by atoms with Gasteiger partial charge in [-0.25, -0.2) is 9.48 Å². The summed E-state index contributed by atoms with van der Waals surface area (Å²) < 4.78 is 40.5. The van der Waals surface area contributed by atoms with E-state index >= 15 is 0 Å². The van der Waals surface area contributed by atoms with Gasteiger partial charge in [0.05, 0.1) is 29.3 Å². The third-order valence-corrected chi connectivity index (χ3v) is 3.48. The summed E-state index contributed by atoms with van der Waals surface area (Å²) >= 11 is 0. The van der Waals surface area contributed by atoms with Crippen molar-refractivity contribution in [3.05, 3.63) is 54.0 Å². The molecule has 24 heavy (non-hydrogen) atoms. The fourth-order valence-electron chi connectivity index (χ4n) is 2.33. The highest BCUT2D eigenvalue weighted by atomic mass is 19.4. The minimum atomic E-state index is -4.40. The predicted octanol–water partition coefficient (Wildman–Crippen LogP) is 2.99. The zero-order valence-corrected chi connectivity index (χ0v) is 12.3. The quantitative estimate of drug-likeness (QED) is 0.798. The number of aromatic carboxylic acids is 1. The van der Waals surface area contributed by atoms with E-state index in [0.717, 1.165) is 12.1 Å². The first kappa shape index (κ1) is 15.8. The Morgan fingerprint density at radius 2 is 1.79 bits per heavy atom. The van der Waals surface area contributed by atoms with Crippen molar-refractivity contribution in [3.63, 3.8) is 0 Å². The van der Waals surface area contributed by atoms with Crippen LogP contribution in [-0.4, -0.2) is 30.6 Å². The lowest BCUT2D eigenvalue weighted by Crippen LogP contribution is -2.05. The number of benzene rings is 1. The predicted molar refractivity (Wildman–Crippen MR) is 77.7 cm³/mol. The molecule has 0 aliphatic rings. The number of nitrogens with zero attached hydrogens (tertiary/aromatic N) is 4. The van der Waals surface area contributed by atoms with E-state index in [0.29, 0.717) is 16.9 Å². The fourth-order valence-corrected chi connectivity index (χ4v) is 2.33. The van der Waals surface area contributed by atoms with Crippen molar-refractivity contribution in [1.29, 1.82) is 0 Å². The van der Waals surface area contributed by atoms with Gasteiger partial charge in [-0.2, -0.15) is 23.4 Å². The summed E-state index contributed by atoms with van der Waals surface area (Å²) in [5.74, 6) is -1.12. The number of halogens is 3. The summed E-state index contributed by atoms with van der Waals surface area (Å²) in [6.07, 6.45) is -0.209. The molecule has 1 N–H and O–H groups in total. The Morgan fingerprint density at radius 3 is 2.38 bits per heavy atom. The number of alkyl halides is 3. The highest BCUT2D eigenvalue weighted by Gasteiger charge is 2.30. The van der Waals surface area contributed by atoms with Gasteiger partial charge in [0.2, 0.25) is 0 Å². The minimum Gasteiger partial charge on any atom is -0.478 e. The Kier molecular flexibility index (Phi) is 3.63. The van der Waals surface area contributed by atoms with E-state index in [1.54, 1.807) is 7.05 Å². The highest BCUT2D eigenvalue weighted by Crippen LogP contribution is 2.30. The van der Waals surface area contributed by atoms with Gasteiger partial charge in [-0.15, -0.1) is 0 Å². The second kappa shape index (κ2) is 5.52. The standard InChI is InChI=1S/C15H11F3N4O2/c1-21-13(12(7-19-21)14(23)24)9-6-20-22(8-9)11-4-2-10(3-5-11)15(16,17)18/h2-8H,1H3,(H,23,24). The third-order valence-electron chi connectivity index (χ3n) is 3.48. The summed E-state index contributed by atoms with van der Waals surface area (Å²) in [5.41, 5.74) is 0.546. The molecule has 3 rings (SSSR count). The largest absolute Gasteiger partial charge is 0.478 e. The van der Waals surface area contributed by atoms with Crippen molar-refractivity contribution in [2.75, 3.05) is 0 Å². The monoisotopic (exact) mass is 336 g/mol. The van der Waals surface area contributed by atoms with Crippen molar-refractivity contribution in [2.24, 2.45) is 7.05 Å². The van der Waals surface area contributed by atoms with Gasteiger partial charge >= 0.3 is 12.1 Å². The van der Waals surface area contributed by atoms with Crippen LogP contribution in [0.25, 0.3) is 16.9 Å². The number of hydrogen-bond acceptors (Lipinski definition) is 3. The average Bonchev–Trinajstić information content (AvgIpc) is 3.12. The van der Waals surface area contributed by atoms with Crippen LogP contribution in [-0.2, 0) is 13.2 Å². The van der Waals surface area contributed by atoms with Crippen molar-refractivity contribution >= 4 is 5.97 Å². The van der Waals surface area contributed by atoms with Crippen LogP contribution in [0.3, 0.4) is 0 Å². The van der Waals surface area contributed by atoms with Crippen LogP contribution in [0, 0.1) is 0 Å². The maximum absolute atomic E-state index is 12.6.